The molecule has 3 rings (SSSR count). The number of nitrogens with one attached hydrogen (secondary N) is 1. The minimum Gasteiger partial charge on any atom is -0.326 e. The Morgan fingerprint density at radius 2 is 2.10 bits per heavy atom. The van der Waals surface area contributed by atoms with Crippen molar-refractivity contribution in [1.82, 2.24) is 9.71 Å². The Bertz CT molecular complexity index is 774. The minimum absolute atomic E-state index is 0.102. The Morgan fingerprint density at radius 3 is 2.81 bits per heavy atom. The van der Waals surface area contributed by atoms with Crippen molar-refractivity contribution in [2.45, 2.75) is 43.2 Å². The van der Waals surface area contributed by atoms with Gasteiger partial charge in [0.1, 0.15) is 0 Å². The molecule has 0 spiro atoms. The molecule has 1 aromatic carbocycles. The third-order valence-corrected chi connectivity index (χ3v) is 5.64. The molecule has 2 aromatic rings. The fourth-order valence-electron chi connectivity index (χ4n) is 2.92. The van der Waals surface area contributed by atoms with Crippen molar-refractivity contribution in [3.8, 4) is 0 Å². The number of fused-ring (bicyclic) bond motifs is 1. The van der Waals surface area contributed by atoms with Crippen LogP contribution in [-0.2, 0) is 10.0 Å². The van der Waals surface area contributed by atoms with E-state index < -0.39 is 10.0 Å². The molecule has 6 heteroatoms. The zero-order valence-electron chi connectivity index (χ0n) is 11.9. The SMILES string of the molecule is Cc1ccc(S(=O)(=O)NC2CCCC2N)c2cccnc12. The van der Waals surface area contributed by atoms with Gasteiger partial charge in [-0.1, -0.05) is 12.5 Å². The first-order valence-electron chi connectivity index (χ1n) is 7.11. The number of hydrogen-bond acceptors (Lipinski definition) is 4. The molecule has 1 aliphatic rings. The maximum Gasteiger partial charge on any atom is 0.241 e. The molecule has 5 nitrogen and oxygen atoms in total. The molecular weight excluding hydrogens is 286 g/mol. The minimum atomic E-state index is -3.59. The van der Waals surface area contributed by atoms with Gasteiger partial charge in [0.25, 0.3) is 0 Å². The van der Waals surface area contributed by atoms with Gasteiger partial charge in [0.15, 0.2) is 0 Å². The van der Waals surface area contributed by atoms with Crippen LogP contribution < -0.4 is 10.5 Å². The van der Waals surface area contributed by atoms with Gasteiger partial charge in [-0.25, -0.2) is 13.1 Å². The van der Waals surface area contributed by atoms with Crippen molar-refractivity contribution >= 4 is 20.9 Å². The molecule has 1 heterocycles. The molecule has 112 valence electrons. The van der Waals surface area contributed by atoms with Gasteiger partial charge in [-0.15, -0.1) is 0 Å². The lowest BCUT2D eigenvalue weighted by molar-refractivity contribution is 0.523. The molecule has 0 aliphatic heterocycles. The zero-order chi connectivity index (χ0) is 15.0. The molecule has 0 saturated heterocycles. The lowest BCUT2D eigenvalue weighted by atomic mass is 10.1. The predicted molar refractivity (Wildman–Crippen MR) is 82.4 cm³/mol. The van der Waals surface area contributed by atoms with E-state index in [9.17, 15) is 8.42 Å². The van der Waals surface area contributed by atoms with Gasteiger partial charge < -0.3 is 5.73 Å². The van der Waals surface area contributed by atoms with Gasteiger partial charge in [0.05, 0.1) is 10.4 Å². The van der Waals surface area contributed by atoms with Crippen molar-refractivity contribution in [3.63, 3.8) is 0 Å². The summed E-state index contributed by atoms with van der Waals surface area (Å²) in [5, 5.41) is 0.650. The summed E-state index contributed by atoms with van der Waals surface area (Å²) in [5.41, 5.74) is 7.64. The van der Waals surface area contributed by atoms with Gasteiger partial charge in [-0.3, -0.25) is 4.98 Å². The molecule has 1 aromatic heterocycles. The van der Waals surface area contributed by atoms with Gasteiger partial charge in [0, 0.05) is 23.7 Å². The lowest BCUT2D eigenvalue weighted by Crippen LogP contribution is -2.43. The summed E-state index contributed by atoms with van der Waals surface area (Å²) in [5.74, 6) is 0. The largest absolute Gasteiger partial charge is 0.326 e. The smallest absolute Gasteiger partial charge is 0.241 e. The van der Waals surface area contributed by atoms with Gasteiger partial charge in [-0.2, -0.15) is 0 Å². The predicted octanol–water partition coefficient (Wildman–Crippen LogP) is 1.70. The van der Waals surface area contributed by atoms with Crippen LogP contribution in [0.5, 0.6) is 0 Å². The zero-order valence-corrected chi connectivity index (χ0v) is 12.7. The molecule has 0 amide bonds. The topological polar surface area (TPSA) is 85.1 Å². The molecule has 1 aliphatic carbocycles. The first-order valence-corrected chi connectivity index (χ1v) is 8.59. The van der Waals surface area contributed by atoms with E-state index in [4.69, 9.17) is 5.73 Å². The first kappa shape index (κ1) is 14.4. The van der Waals surface area contributed by atoms with E-state index >= 15 is 0 Å². The van der Waals surface area contributed by atoms with Crippen LogP contribution in [0.4, 0.5) is 0 Å². The lowest BCUT2D eigenvalue weighted by Gasteiger charge is -2.18. The standard InChI is InChI=1S/C15H19N3O2S/c1-10-7-8-14(11-4-3-9-17-15(10)11)21(19,20)18-13-6-2-5-12(13)16/h3-4,7-9,12-13,18H,2,5-6,16H2,1H3. The summed E-state index contributed by atoms with van der Waals surface area (Å²) in [7, 11) is -3.59. The first-order chi connectivity index (χ1) is 9.99. The number of benzene rings is 1. The maximum absolute atomic E-state index is 12.7. The second-order valence-electron chi connectivity index (χ2n) is 5.60. The Morgan fingerprint density at radius 1 is 1.29 bits per heavy atom. The molecule has 1 saturated carbocycles. The van der Waals surface area contributed by atoms with E-state index in [1.165, 1.54) is 0 Å². The number of sulfonamides is 1. The van der Waals surface area contributed by atoms with Crippen LogP contribution >= 0.6 is 0 Å². The van der Waals surface area contributed by atoms with E-state index in [2.05, 4.69) is 9.71 Å². The summed E-state index contributed by atoms with van der Waals surface area (Å²) in [6.45, 7) is 1.92. The summed E-state index contributed by atoms with van der Waals surface area (Å²) >= 11 is 0. The van der Waals surface area contributed by atoms with Gasteiger partial charge >= 0.3 is 0 Å². The van der Waals surface area contributed by atoms with Crippen molar-refractivity contribution < 1.29 is 8.42 Å². The van der Waals surface area contributed by atoms with Crippen LogP contribution in [0.25, 0.3) is 10.9 Å². The van der Waals surface area contributed by atoms with Gasteiger partial charge in [-0.05, 0) is 43.5 Å². The monoisotopic (exact) mass is 305 g/mol. The fraction of sp³-hybridized carbons (Fsp3) is 0.400. The maximum atomic E-state index is 12.7. The number of pyridine rings is 1. The Labute approximate surface area is 124 Å². The summed E-state index contributed by atoms with van der Waals surface area (Å²) in [4.78, 5) is 4.56. The summed E-state index contributed by atoms with van der Waals surface area (Å²) < 4.78 is 28.1. The van der Waals surface area contributed by atoms with Crippen LogP contribution in [0.3, 0.4) is 0 Å². The molecule has 2 atom stereocenters. The van der Waals surface area contributed by atoms with Crippen LogP contribution in [0.15, 0.2) is 35.4 Å². The average Bonchev–Trinajstić information content (AvgIpc) is 2.84. The Balaban J connectivity index is 2.05. The van der Waals surface area contributed by atoms with Crippen molar-refractivity contribution in [1.29, 1.82) is 0 Å². The molecule has 0 bridgehead atoms. The number of rotatable bonds is 3. The second kappa shape index (κ2) is 5.36. The normalized spacial score (nSPS) is 22.8. The van der Waals surface area contributed by atoms with Crippen molar-refractivity contribution in [2.24, 2.45) is 5.73 Å². The summed E-state index contributed by atoms with van der Waals surface area (Å²) in [6.07, 6.45) is 4.29. The van der Waals surface area contributed by atoms with Crippen LogP contribution in [-0.4, -0.2) is 25.5 Å². The van der Waals surface area contributed by atoms with Crippen LogP contribution in [0, 0.1) is 6.92 Å². The quantitative estimate of drug-likeness (QED) is 0.904. The Kier molecular flexibility index (Phi) is 3.69. The van der Waals surface area contributed by atoms with Crippen molar-refractivity contribution in [3.05, 3.63) is 36.0 Å². The van der Waals surface area contributed by atoms with E-state index in [1.54, 1.807) is 30.5 Å². The fourth-order valence-corrected chi connectivity index (χ4v) is 4.44. The molecule has 0 radical (unpaired) electrons. The van der Waals surface area contributed by atoms with Crippen LogP contribution in [0.1, 0.15) is 24.8 Å². The highest BCUT2D eigenvalue weighted by Gasteiger charge is 2.29. The van der Waals surface area contributed by atoms with Crippen molar-refractivity contribution in [2.75, 3.05) is 0 Å². The molecule has 3 N–H and O–H groups in total. The van der Waals surface area contributed by atoms with Crippen LogP contribution in [0.2, 0.25) is 0 Å². The third kappa shape index (κ3) is 2.66. The Hall–Kier alpha value is -1.50. The molecule has 1 fully saturated rings. The van der Waals surface area contributed by atoms with E-state index in [1.807, 2.05) is 6.92 Å². The molecule has 2 unspecified atom stereocenters. The number of nitrogens with two attached hydrogens (primary N) is 1. The highest BCUT2D eigenvalue weighted by atomic mass is 32.2. The molecule has 21 heavy (non-hydrogen) atoms. The van der Waals surface area contributed by atoms with E-state index in [0.29, 0.717) is 5.39 Å². The van der Waals surface area contributed by atoms with Gasteiger partial charge in [0.2, 0.25) is 10.0 Å². The highest BCUT2D eigenvalue weighted by Crippen LogP contribution is 2.26. The summed E-state index contributed by atoms with van der Waals surface area (Å²) in [6, 6.07) is 6.69. The highest BCUT2D eigenvalue weighted by molar-refractivity contribution is 7.89. The van der Waals surface area contributed by atoms with E-state index in [-0.39, 0.29) is 17.0 Å². The number of aromatic nitrogens is 1. The second-order valence-corrected chi connectivity index (χ2v) is 7.29. The van der Waals surface area contributed by atoms with E-state index in [0.717, 1.165) is 30.3 Å². The number of nitrogens with zero attached hydrogens (tertiary/aromatic N) is 1. The molecular formula is C15H19N3O2S. The third-order valence-electron chi connectivity index (χ3n) is 4.10. The number of hydrogen-bond donors (Lipinski definition) is 2. The number of aryl methyl sites for hydroxylation is 1. The average molecular weight is 305 g/mol.